The average Bonchev–Trinajstić information content (AvgIpc) is 3.40. The number of amides is 1. The summed E-state index contributed by atoms with van der Waals surface area (Å²) in [5.41, 5.74) is 8.00. The molecule has 1 aliphatic heterocycles. The number of benzene rings is 3. The van der Waals surface area contributed by atoms with Crippen LogP contribution in [0.5, 0.6) is 5.75 Å². The lowest BCUT2D eigenvalue weighted by Crippen LogP contribution is -2.31. The SMILES string of the molecule is Nc1ccccc1NC(=O)/C=C/c1cccc(S(=O)(=O)n2ccc3cc(OCCCN4CCCCC4)ccc32)c1. The number of anilines is 2. The van der Waals surface area contributed by atoms with Crippen molar-refractivity contribution in [3.05, 3.63) is 90.6 Å². The Balaban J connectivity index is 1.25. The summed E-state index contributed by atoms with van der Waals surface area (Å²) in [7, 11) is -3.86. The Hall–Kier alpha value is -4.08. The summed E-state index contributed by atoms with van der Waals surface area (Å²) in [4.78, 5) is 15.0. The van der Waals surface area contributed by atoms with Crippen LogP contribution in [0, 0.1) is 0 Å². The highest BCUT2D eigenvalue weighted by Gasteiger charge is 2.19. The van der Waals surface area contributed by atoms with Gasteiger partial charge in [0, 0.05) is 24.2 Å². The van der Waals surface area contributed by atoms with Gasteiger partial charge in [0.25, 0.3) is 10.0 Å². The molecular formula is C31H34N4O4S. The van der Waals surface area contributed by atoms with Gasteiger partial charge in [0.2, 0.25) is 5.91 Å². The number of rotatable bonds is 10. The molecule has 0 bridgehead atoms. The maximum atomic E-state index is 13.5. The molecule has 1 aliphatic rings. The first kappa shape index (κ1) is 27.5. The number of para-hydroxylation sites is 2. The number of fused-ring (bicyclic) bond motifs is 1. The molecular weight excluding hydrogens is 524 g/mol. The van der Waals surface area contributed by atoms with Gasteiger partial charge in [-0.1, -0.05) is 30.7 Å². The minimum absolute atomic E-state index is 0.123. The van der Waals surface area contributed by atoms with Crippen LogP contribution in [0.2, 0.25) is 0 Å². The van der Waals surface area contributed by atoms with E-state index in [0.29, 0.717) is 29.1 Å². The van der Waals surface area contributed by atoms with Crippen LogP contribution in [-0.2, 0) is 14.8 Å². The summed E-state index contributed by atoms with van der Waals surface area (Å²) in [6.07, 6.45) is 9.31. The summed E-state index contributed by atoms with van der Waals surface area (Å²) >= 11 is 0. The molecule has 0 spiro atoms. The number of piperidine rings is 1. The number of ether oxygens (including phenoxy) is 1. The lowest BCUT2D eigenvalue weighted by molar-refractivity contribution is -0.111. The van der Waals surface area contributed by atoms with Crippen molar-refractivity contribution in [2.45, 2.75) is 30.6 Å². The van der Waals surface area contributed by atoms with Crippen molar-refractivity contribution in [3.8, 4) is 5.75 Å². The molecule has 0 atom stereocenters. The largest absolute Gasteiger partial charge is 0.494 e. The highest BCUT2D eigenvalue weighted by Crippen LogP contribution is 2.26. The molecule has 0 unspecified atom stereocenters. The third-order valence-electron chi connectivity index (χ3n) is 7.02. The van der Waals surface area contributed by atoms with Crippen LogP contribution >= 0.6 is 0 Å². The van der Waals surface area contributed by atoms with Gasteiger partial charge in [-0.2, -0.15) is 0 Å². The summed E-state index contributed by atoms with van der Waals surface area (Å²) < 4.78 is 34.3. The Bertz CT molecular complexity index is 1620. The molecule has 1 amide bonds. The summed E-state index contributed by atoms with van der Waals surface area (Å²) in [6, 6.07) is 20.7. The highest BCUT2D eigenvalue weighted by atomic mass is 32.2. The number of hydrogen-bond donors (Lipinski definition) is 2. The highest BCUT2D eigenvalue weighted by molar-refractivity contribution is 7.90. The van der Waals surface area contributed by atoms with Crippen molar-refractivity contribution in [2.75, 3.05) is 37.3 Å². The Morgan fingerprint density at radius 2 is 1.80 bits per heavy atom. The fourth-order valence-corrected chi connectivity index (χ4v) is 6.31. The Morgan fingerprint density at radius 1 is 0.975 bits per heavy atom. The van der Waals surface area contributed by atoms with Gasteiger partial charge in [-0.25, -0.2) is 12.4 Å². The van der Waals surface area contributed by atoms with Gasteiger partial charge in [0.15, 0.2) is 0 Å². The topological polar surface area (TPSA) is 107 Å². The van der Waals surface area contributed by atoms with Gasteiger partial charge in [-0.15, -0.1) is 0 Å². The van der Waals surface area contributed by atoms with Gasteiger partial charge in [0.05, 0.1) is 28.4 Å². The molecule has 9 heteroatoms. The third-order valence-corrected chi connectivity index (χ3v) is 8.71. The number of nitrogens with zero attached hydrogens (tertiary/aromatic N) is 2. The zero-order valence-corrected chi connectivity index (χ0v) is 23.1. The minimum Gasteiger partial charge on any atom is -0.494 e. The standard InChI is InChI=1S/C31H34N4O4S/c32-28-10-2-3-11-29(28)33-31(36)15-12-24-8-6-9-27(22-24)40(37,38)35-20-16-25-23-26(13-14-30(25)35)39-21-7-19-34-17-4-1-5-18-34/h2-3,6,8-16,20,22-23H,1,4-5,7,17-19,21,32H2,(H,33,36)/b15-12+. The predicted molar refractivity (Wildman–Crippen MR) is 160 cm³/mol. The number of aromatic nitrogens is 1. The lowest BCUT2D eigenvalue weighted by Gasteiger charge is -2.26. The van der Waals surface area contributed by atoms with E-state index in [1.165, 1.54) is 42.4 Å². The zero-order valence-electron chi connectivity index (χ0n) is 22.3. The van der Waals surface area contributed by atoms with Crippen molar-refractivity contribution < 1.29 is 17.9 Å². The number of nitrogen functional groups attached to an aromatic ring is 1. The van der Waals surface area contributed by atoms with Crippen molar-refractivity contribution in [2.24, 2.45) is 0 Å². The van der Waals surface area contributed by atoms with Crippen molar-refractivity contribution in [1.29, 1.82) is 0 Å². The van der Waals surface area contributed by atoms with Crippen LogP contribution in [0.3, 0.4) is 0 Å². The van der Waals surface area contributed by atoms with Gasteiger partial charge < -0.3 is 20.7 Å². The number of nitrogens with two attached hydrogens (primary N) is 1. The van der Waals surface area contributed by atoms with E-state index >= 15 is 0 Å². The van der Waals surface area contributed by atoms with E-state index in [0.717, 1.165) is 24.1 Å². The molecule has 1 aromatic heterocycles. The van der Waals surface area contributed by atoms with Gasteiger partial charge >= 0.3 is 0 Å². The molecule has 208 valence electrons. The van der Waals surface area contributed by atoms with E-state index in [9.17, 15) is 13.2 Å². The smallest absolute Gasteiger partial charge is 0.268 e. The average molecular weight is 559 g/mol. The van der Waals surface area contributed by atoms with Gasteiger partial charge in [-0.3, -0.25) is 4.79 Å². The summed E-state index contributed by atoms with van der Waals surface area (Å²) in [6.45, 7) is 4.01. The second-order valence-corrected chi connectivity index (χ2v) is 11.7. The Morgan fingerprint density at radius 3 is 2.62 bits per heavy atom. The van der Waals surface area contributed by atoms with Crippen LogP contribution in [0.4, 0.5) is 11.4 Å². The van der Waals surface area contributed by atoms with Crippen LogP contribution in [-0.4, -0.2) is 49.4 Å². The number of hydrogen-bond acceptors (Lipinski definition) is 6. The zero-order chi connectivity index (χ0) is 28.0. The Kier molecular flexibility index (Phi) is 8.52. The molecule has 2 heterocycles. The summed E-state index contributed by atoms with van der Waals surface area (Å²) in [5, 5.41) is 3.50. The fraction of sp³-hybridized carbons (Fsp3) is 0.258. The molecule has 0 aliphatic carbocycles. The molecule has 1 saturated heterocycles. The normalized spacial score (nSPS) is 14.5. The second kappa shape index (κ2) is 12.4. The first-order valence-corrected chi connectivity index (χ1v) is 15.0. The lowest BCUT2D eigenvalue weighted by atomic mass is 10.1. The molecule has 5 rings (SSSR count). The van der Waals surface area contributed by atoms with Crippen LogP contribution < -0.4 is 15.8 Å². The fourth-order valence-electron chi connectivity index (χ4n) is 4.91. The molecule has 0 radical (unpaired) electrons. The molecule has 3 aromatic carbocycles. The summed E-state index contributed by atoms with van der Waals surface area (Å²) in [5.74, 6) is 0.357. The number of nitrogens with one attached hydrogen (secondary N) is 1. The quantitative estimate of drug-likeness (QED) is 0.154. The first-order chi connectivity index (χ1) is 19.4. The molecule has 1 fully saturated rings. The third kappa shape index (κ3) is 6.55. The van der Waals surface area contributed by atoms with Crippen molar-refractivity contribution >= 4 is 44.3 Å². The monoisotopic (exact) mass is 558 g/mol. The van der Waals surface area contributed by atoms with E-state index in [4.69, 9.17) is 10.5 Å². The molecule has 4 aromatic rings. The second-order valence-electron chi connectivity index (χ2n) is 9.92. The van der Waals surface area contributed by atoms with E-state index in [2.05, 4.69) is 10.2 Å². The molecule has 40 heavy (non-hydrogen) atoms. The van der Waals surface area contributed by atoms with E-state index in [1.807, 2.05) is 12.1 Å². The van der Waals surface area contributed by atoms with E-state index in [-0.39, 0.29) is 10.8 Å². The number of carbonyl (C=O) groups is 1. The van der Waals surface area contributed by atoms with Crippen LogP contribution in [0.1, 0.15) is 31.2 Å². The van der Waals surface area contributed by atoms with Gasteiger partial charge in [-0.05, 0) is 92.5 Å². The van der Waals surface area contributed by atoms with E-state index < -0.39 is 10.0 Å². The predicted octanol–water partition coefficient (Wildman–Crippen LogP) is 5.37. The van der Waals surface area contributed by atoms with Crippen molar-refractivity contribution in [3.63, 3.8) is 0 Å². The minimum atomic E-state index is -3.86. The van der Waals surface area contributed by atoms with Gasteiger partial charge in [0.1, 0.15) is 5.75 Å². The maximum Gasteiger partial charge on any atom is 0.268 e. The van der Waals surface area contributed by atoms with Crippen LogP contribution in [0.15, 0.2) is 90.0 Å². The van der Waals surface area contributed by atoms with E-state index in [1.54, 1.807) is 72.9 Å². The molecule has 0 saturated carbocycles. The van der Waals surface area contributed by atoms with Crippen molar-refractivity contribution in [1.82, 2.24) is 8.87 Å². The molecule has 3 N–H and O–H groups in total. The Labute approximate surface area is 235 Å². The number of likely N-dealkylation sites (tertiary alicyclic amines) is 1. The van der Waals surface area contributed by atoms with Crippen LogP contribution in [0.25, 0.3) is 17.0 Å². The first-order valence-electron chi connectivity index (χ1n) is 13.6. The maximum absolute atomic E-state index is 13.5. The number of carbonyl (C=O) groups excluding carboxylic acids is 1. The molecule has 8 nitrogen and oxygen atoms in total.